The maximum absolute atomic E-state index is 12.9. The molecule has 140 valence electrons. The summed E-state index contributed by atoms with van der Waals surface area (Å²) in [5, 5.41) is 15.3. The van der Waals surface area contributed by atoms with E-state index < -0.39 is 11.6 Å². The Hall–Kier alpha value is -2.39. The van der Waals surface area contributed by atoms with Crippen LogP contribution in [0.2, 0.25) is 0 Å². The molecule has 0 aromatic heterocycles. The van der Waals surface area contributed by atoms with Gasteiger partial charge in [0, 0.05) is 31.6 Å². The molecular weight excluding hydrogens is 330 g/mol. The highest BCUT2D eigenvalue weighted by atomic mass is 16.5. The first kappa shape index (κ1) is 19.9. The van der Waals surface area contributed by atoms with Gasteiger partial charge in [-0.05, 0) is 24.0 Å². The average molecular weight is 357 g/mol. The van der Waals surface area contributed by atoms with Crippen LogP contribution in [0, 0.1) is 16.7 Å². The van der Waals surface area contributed by atoms with Crippen molar-refractivity contribution in [1.82, 2.24) is 10.6 Å². The minimum Gasteiger partial charge on any atom is -0.381 e. The largest absolute Gasteiger partial charge is 0.381 e. The van der Waals surface area contributed by atoms with Gasteiger partial charge in [0.15, 0.2) is 0 Å². The van der Waals surface area contributed by atoms with Crippen LogP contribution in [0.1, 0.15) is 50.4 Å². The lowest BCUT2D eigenvalue weighted by Crippen LogP contribution is -2.57. The van der Waals surface area contributed by atoms with Crippen molar-refractivity contribution in [3.05, 3.63) is 35.9 Å². The summed E-state index contributed by atoms with van der Waals surface area (Å²) in [5.74, 6) is -0.624. The molecule has 1 aromatic carbocycles. The summed E-state index contributed by atoms with van der Waals surface area (Å²) in [6.07, 6.45) is 1.36. The van der Waals surface area contributed by atoms with Crippen molar-refractivity contribution in [2.24, 2.45) is 5.41 Å². The van der Waals surface area contributed by atoms with Crippen LogP contribution in [0.3, 0.4) is 0 Å². The molecule has 0 radical (unpaired) electrons. The number of hydrogen-bond donors (Lipinski definition) is 2. The van der Waals surface area contributed by atoms with Crippen LogP contribution in [0.5, 0.6) is 0 Å². The Morgan fingerprint density at radius 1 is 1.23 bits per heavy atom. The van der Waals surface area contributed by atoms with Gasteiger partial charge in [-0.15, -0.1) is 0 Å². The number of nitrogens with one attached hydrogen (secondary N) is 2. The lowest BCUT2D eigenvalue weighted by Gasteiger charge is -2.34. The number of rotatable bonds is 5. The number of hydrogen-bond acceptors (Lipinski definition) is 4. The Bertz CT molecular complexity index is 668. The fraction of sp³-hybridized carbons (Fsp3) is 0.550. The normalized spacial score (nSPS) is 17.6. The van der Waals surface area contributed by atoms with Gasteiger partial charge in [-0.3, -0.25) is 9.59 Å². The zero-order valence-electron chi connectivity index (χ0n) is 15.7. The Morgan fingerprint density at radius 3 is 2.38 bits per heavy atom. The molecule has 1 unspecified atom stereocenters. The molecule has 2 N–H and O–H groups in total. The second kappa shape index (κ2) is 8.33. The molecule has 1 atom stereocenters. The van der Waals surface area contributed by atoms with Gasteiger partial charge in [-0.25, -0.2) is 0 Å². The SMILES string of the molecule is CC(C)(C)CC(NC(=O)c1ccccc1)C(=O)NC1(C#N)CCOCC1. The molecular formula is C20H27N3O3. The quantitative estimate of drug-likeness (QED) is 0.846. The highest BCUT2D eigenvalue weighted by molar-refractivity contribution is 5.97. The molecule has 0 spiro atoms. The lowest BCUT2D eigenvalue weighted by molar-refractivity contribution is -0.126. The summed E-state index contributed by atoms with van der Waals surface area (Å²) in [6.45, 7) is 6.91. The summed E-state index contributed by atoms with van der Waals surface area (Å²) >= 11 is 0. The van der Waals surface area contributed by atoms with Crippen molar-refractivity contribution in [2.45, 2.75) is 51.6 Å². The average Bonchev–Trinajstić information content (AvgIpc) is 2.61. The standard InChI is InChI=1S/C20H27N3O3/c1-19(2,3)13-16(22-17(24)15-7-5-4-6-8-15)18(25)23-20(14-21)9-11-26-12-10-20/h4-8,16H,9-13H2,1-3H3,(H,22,24)(H,23,25). The molecule has 6 heteroatoms. The first-order valence-corrected chi connectivity index (χ1v) is 8.92. The molecule has 0 bridgehead atoms. The summed E-state index contributed by atoms with van der Waals surface area (Å²) in [5.41, 5.74) is -0.593. The van der Waals surface area contributed by atoms with Gasteiger partial charge in [0.2, 0.25) is 5.91 Å². The molecule has 1 aliphatic heterocycles. The van der Waals surface area contributed by atoms with Crippen LogP contribution in [-0.2, 0) is 9.53 Å². The summed E-state index contributed by atoms with van der Waals surface area (Å²) in [7, 11) is 0. The molecule has 1 aliphatic rings. The van der Waals surface area contributed by atoms with Crippen molar-refractivity contribution in [2.75, 3.05) is 13.2 Å². The van der Waals surface area contributed by atoms with E-state index in [1.165, 1.54) is 0 Å². The number of nitrogens with zero attached hydrogens (tertiary/aromatic N) is 1. The predicted molar refractivity (Wildman–Crippen MR) is 98.3 cm³/mol. The molecule has 0 aliphatic carbocycles. The Kier molecular flexibility index (Phi) is 6.38. The summed E-state index contributed by atoms with van der Waals surface area (Å²) < 4.78 is 5.30. The molecule has 2 rings (SSSR count). The van der Waals surface area contributed by atoms with Crippen LogP contribution in [0.4, 0.5) is 0 Å². The van der Waals surface area contributed by atoms with E-state index in [1.54, 1.807) is 24.3 Å². The van der Waals surface area contributed by atoms with E-state index >= 15 is 0 Å². The fourth-order valence-electron chi connectivity index (χ4n) is 2.96. The topological polar surface area (TPSA) is 91.2 Å². The van der Waals surface area contributed by atoms with E-state index in [-0.39, 0.29) is 17.2 Å². The maximum atomic E-state index is 12.9. The maximum Gasteiger partial charge on any atom is 0.251 e. The molecule has 1 aromatic rings. The smallest absolute Gasteiger partial charge is 0.251 e. The molecule has 1 heterocycles. The van der Waals surface area contributed by atoms with E-state index in [1.807, 2.05) is 26.8 Å². The number of carbonyl (C=O) groups excluding carboxylic acids is 2. The first-order chi connectivity index (χ1) is 12.2. The van der Waals surface area contributed by atoms with Crippen LogP contribution in [0.15, 0.2) is 30.3 Å². The third-order valence-corrected chi connectivity index (χ3v) is 4.40. The molecule has 6 nitrogen and oxygen atoms in total. The zero-order chi connectivity index (χ0) is 19.2. The van der Waals surface area contributed by atoms with E-state index in [9.17, 15) is 14.9 Å². The van der Waals surface area contributed by atoms with Gasteiger partial charge in [0.1, 0.15) is 11.6 Å². The van der Waals surface area contributed by atoms with E-state index in [0.29, 0.717) is 38.0 Å². The van der Waals surface area contributed by atoms with E-state index in [2.05, 4.69) is 16.7 Å². The van der Waals surface area contributed by atoms with Gasteiger partial charge >= 0.3 is 0 Å². The van der Waals surface area contributed by atoms with Gasteiger partial charge in [0.25, 0.3) is 5.91 Å². The monoisotopic (exact) mass is 357 g/mol. The zero-order valence-corrected chi connectivity index (χ0v) is 15.7. The van der Waals surface area contributed by atoms with Gasteiger partial charge in [0.05, 0.1) is 6.07 Å². The lowest BCUT2D eigenvalue weighted by atomic mass is 9.86. The first-order valence-electron chi connectivity index (χ1n) is 8.92. The van der Waals surface area contributed by atoms with Gasteiger partial charge in [-0.1, -0.05) is 39.0 Å². The van der Waals surface area contributed by atoms with Crippen molar-refractivity contribution in [3.8, 4) is 6.07 Å². The molecule has 0 saturated carbocycles. The summed E-state index contributed by atoms with van der Waals surface area (Å²) in [4.78, 5) is 25.4. The van der Waals surface area contributed by atoms with Gasteiger partial charge in [-0.2, -0.15) is 5.26 Å². The van der Waals surface area contributed by atoms with Crippen LogP contribution in [-0.4, -0.2) is 36.6 Å². The molecule has 2 amide bonds. The second-order valence-electron chi connectivity index (χ2n) is 7.95. The number of nitriles is 1. The highest BCUT2D eigenvalue weighted by Gasteiger charge is 2.37. The van der Waals surface area contributed by atoms with Crippen LogP contribution >= 0.6 is 0 Å². The van der Waals surface area contributed by atoms with Crippen molar-refractivity contribution in [1.29, 1.82) is 5.26 Å². The van der Waals surface area contributed by atoms with Crippen molar-refractivity contribution < 1.29 is 14.3 Å². The number of carbonyl (C=O) groups is 2. The van der Waals surface area contributed by atoms with E-state index in [4.69, 9.17) is 4.74 Å². The fourth-order valence-corrected chi connectivity index (χ4v) is 2.96. The third kappa shape index (κ3) is 5.57. The van der Waals surface area contributed by atoms with Gasteiger partial charge < -0.3 is 15.4 Å². The van der Waals surface area contributed by atoms with E-state index in [0.717, 1.165) is 0 Å². The third-order valence-electron chi connectivity index (χ3n) is 4.40. The van der Waals surface area contributed by atoms with Crippen molar-refractivity contribution in [3.63, 3.8) is 0 Å². The minimum absolute atomic E-state index is 0.165. The predicted octanol–water partition coefficient (Wildman–Crippen LogP) is 2.41. The van der Waals surface area contributed by atoms with Crippen LogP contribution < -0.4 is 10.6 Å². The number of benzene rings is 1. The second-order valence-corrected chi connectivity index (χ2v) is 7.95. The Balaban J connectivity index is 2.14. The Labute approximate surface area is 154 Å². The number of amides is 2. The molecule has 1 fully saturated rings. The molecule has 26 heavy (non-hydrogen) atoms. The Morgan fingerprint density at radius 2 is 1.85 bits per heavy atom. The van der Waals surface area contributed by atoms with Crippen molar-refractivity contribution >= 4 is 11.8 Å². The minimum atomic E-state index is -0.928. The summed E-state index contributed by atoms with van der Waals surface area (Å²) in [6, 6.07) is 10.3. The molecule has 1 saturated heterocycles. The highest BCUT2D eigenvalue weighted by Crippen LogP contribution is 2.24. The van der Waals surface area contributed by atoms with Crippen LogP contribution in [0.25, 0.3) is 0 Å². The number of ether oxygens (including phenoxy) is 1.